The Hall–Kier alpha value is -2.13. The number of rotatable bonds is 6. The lowest BCUT2D eigenvalue weighted by atomic mass is 9.92. The molecule has 0 saturated carbocycles. The number of nitro groups is 1. The lowest BCUT2D eigenvalue weighted by molar-refractivity contribution is -0.384. The van der Waals surface area contributed by atoms with Gasteiger partial charge >= 0.3 is 0 Å². The SMILES string of the molecule is CCC(CC)(CN)Nc1ccc(C#N)cc1[N+](=O)[O-]. The van der Waals surface area contributed by atoms with Gasteiger partial charge in [0.2, 0.25) is 0 Å². The second-order valence-corrected chi connectivity index (χ2v) is 4.42. The number of nitrogens with one attached hydrogen (secondary N) is 1. The van der Waals surface area contributed by atoms with Crippen LogP contribution in [0.4, 0.5) is 11.4 Å². The Morgan fingerprint density at radius 1 is 1.47 bits per heavy atom. The highest BCUT2D eigenvalue weighted by molar-refractivity contribution is 5.65. The Bertz CT molecular complexity index is 496. The van der Waals surface area contributed by atoms with Crippen molar-refractivity contribution in [2.75, 3.05) is 11.9 Å². The van der Waals surface area contributed by atoms with Crippen molar-refractivity contribution >= 4 is 11.4 Å². The molecule has 0 aliphatic heterocycles. The average molecular weight is 262 g/mol. The fraction of sp³-hybridized carbons (Fsp3) is 0.462. The highest BCUT2D eigenvalue weighted by Crippen LogP contribution is 2.30. The van der Waals surface area contributed by atoms with Gasteiger partial charge in [-0.2, -0.15) is 5.26 Å². The summed E-state index contributed by atoms with van der Waals surface area (Å²) in [7, 11) is 0. The highest BCUT2D eigenvalue weighted by atomic mass is 16.6. The van der Waals surface area contributed by atoms with Crippen molar-refractivity contribution in [2.24, 2.45) is 5.73 Å². The summed E-state index contributed by atoms with van der Waals surface area (Å²) in [6.45, 7) is 4.36. The first-order valence-corrected chi connectivity index (χ1v) is 6.18. The molecule has 1 aromatic carbocycles. The largest absolute Gasteiger partial charge is 0.373 e. The molecule has 0 spiro atoms. The molecule has 0 heterocycles. The van der Waals surface area contributed by atoms with E-state index < -0.39 is 4.92 Å². The van der Waals surface area contributed by atoms with E-state index in [0.717, 1.165) is 12.8 Å². The van der Waals surface area contributed by atoms with Gasteiger partial charge in [0.1, 0.15) is 5.69 Å². The van der Waals surface area contributed by atoms with Crippen molar-refractivity contribution in [3.05, 3.63) is 33.9 Å². The van der Waals surface area contributed by atoms with Crippen LogP contribution in [0.1, 0.15) is 32.3 Å². The second-order valence-electron chi connectivity index (χ2n) is 4.42. The first-order valence-electron chi connectivity index (χ1n) is 6.18. The van der Waals surface area contributed by atoms with Gasteiger partial charge in [-0.05, 0) is 25.0 Å². The summed E-state index contributed by atoms with van der Waals surface area (Å²) in [6, 6.07) is 6.29. The van der Waals surface area contributed by atoms with Gasteiger partial charge in [0.15, 0.2) is 0 Å². The molecular weight excluding hydrogens is 244 g/mol. The van der Waals surface area contributed by atoms with Crippen molar-refractivity contribution in [1.82, 2.24) is 0 Å². The molecule has 0 saturated heterocycles. The van der Waals surface area contributed by atoms with E-state index in [0.29, 0.717) is 12.2 Å². The van der Waals surface area contributed by atoms with E-state index in [1.807, 2.05) is 19.9 Å². The van der Waals surface area contributed by atoms with Crippen molar-refractivity contribution in [1.29, 1.82) is 5.26 Å². The Labute approximate surface area is 112 Å². The summed E-state index contributed by atoms with van der Waals surface area (Å²) < 4.78 is 0. The molecule has 0 unspecified atom stereocenters. The molecule has 6 nitrogen and oxygen atoms in total. The molecule has 0 atom stereocenters. The quantitative estimate of drug-likeness (QED) is 0.605. The molecule has 1 aromatic rings. The van der Waals surface area contributed by atoms with Crippen LogP contribution in [0.2, 0.25) is 0 Å². The Morgan fingerprint density at radius 3 is 2.53 bits per heavy atom. The number of nitro benzene ring substituents is 1. The molecule has 6 heteroatoms. The van der Waals surface area contributed by atoms with Gasteiger partial charge in [0.25, 0.3) is 5.69 Å². The van der Waals surface area contributed by atoms with Crippen LogP contribution in [0.5, 0.6) is 0 Å². The van der Waals surface area contributed by atoms with Crippen LogP contribution in [0.15, 0.2) is 18.2 Å². The summed E-state index contributed by atoms with van der Waals surface area (Å²) in [6.07, 6.45) is 1.52. The zero-order chi connectivity index (χ0) is 14.5. The summed E-state index contributed by atoms with van der Waals surface area (Å²) >= 11 is 0. The van der Waals surface area contributed by atoms with Gasteiger partial charge in [-0.3, -0.25) is 10.1 Å². The van der Waals surface area contributed by atoms with Crippen molar-refractivity contribution < 1.29 is 4.92 Å². The summed E-state index contributed by atoms with van der Waals surface area (Å²) in [4.78, 5) is 10.6. The van der Waals surface area contributed by atoms with Gasteiger partial charge in [-0.15, -0.1) is 0 Å². The monoisotopic (exact) mass is 262 g/mol. The molecular formula is C13H18N4O2. The van der Waals surface area contributed by atoms with Crippen LogP contribution in [-0.2, 0) is 0 Å². The predicted octanol–water partition coefficient (Wildman–Crippen LogP) is 2.40. The minimum atomic E-state index is -0.490. The lowest BCUT2D eigenvalue weighted by Crippen LogP contribution is -2.44. The molecule has 3 N–H and O–H groups in total. The number of hydrogen-bond acceptors (Lipinski definition) is 5. The van der Waals surface area contributed by atoms with Gasteiger partial charge < -0.3 is 11.1 Å². The molecule has 0 fully saturated rings. The normalized spacial score (nSPS) is 10.8. The highest BCUT2D eigenvalue weighted by Gasteiger charge is 2.27. The number of benzene rings is 1. The van der Waals surface area contributed by atoms with Crippen molar-refractivity contribution in [3.63, 3.8) is 0 Å². The summed E-state index contributed by atoms with van der Waals surface area (Å²) in [5.41, 5.74) is 5.98. The van der Waals surface area contributed by atoms with E-state index in [4.69, 9.17) is 11.0 Å². The first-order chi connectivity index (χ1) is 9.01. The zero-order valence-corrected chi connectivity index (χ0v) is 11.1. The van der Waals surface area contributed by atoms with Crippen LogP contribution in [0, 0.1) is 21.4 Å². The first kappa shape index (κ1) is 14.9. The lowest BCUT2D eigenvalue weighted by Gasteiger charge is -2.32. The van der Waals surface area contributed by atoms with Gasteiger partial charge in [-0.25, -0.2) is 0 Å². The maximum absolute atomic E-state index is 11.1. The van der Waals surface area contributed by atoms with Gasteiger partial charge in [0.05, 0.1) is 16.6 Å². The smallest absolute Gasteiger partial charge is 0.293 e. The number of nitrogens with two attached hydrogens (primary N) is 1. The van der Waals surface area contributed by atoms with Gasteiger partial charge in [-0.1, -0.05) is 13.8 Å². The maximum atomic E-state index is 11.1. The topological polar surface area (TPSA) is 105 Å². The van der Waals surface area contributed by atoms with Crippen molar-refractivity contribution in [3.8, 4) is 6.07 Å². The standard InChI is InChI=1S/C13H18N4O2/c1-3-13(4-2,9-15)16-11-6-5-10(8-14)7-12(11)17(18)19/h5-7,16H,3-4,9,15H2,1-2H3. The number of anilines is 1. The number of nitrogens with zero attached hydrogens (tertiary/aromatic N) is 2. The van der Waals surface area contributed by atoms with Gasteiger partial charge in [0, 0.05) is 18.2 Å². The number of hydrogen-bond donors (Lipinski definition) is 2. The third-order valence-electron chi connectivity index (χ3n) is 3.47. The van der Waals surface area contributed by atoms with Crippen LogP contribution < -0.4 is 11.1 Å². The molecule has 0 aliphatic rings. The minimum Gasteiger partial charge on any atom is -0.373 e. The molecule has 19 heavy (non-hydrogen) atoms. The third kappa shape index (κ3) is 3.20. The fourth-order valence-electron chi connectivity index (χ4n) is 1.91. The van der Waals surface area contributed by atoms with Crippen LogP contribution in [0.3, 0.4) is 0 Å². The third-order valence-corrected chi connectivity index (χ3v) is 3.47. The van der Waals surface area contributed by atoms with Crippen LogP contribution >= 0.6 is 0 Å². The molecule has 0 radical (unpaired) electrons. The van der Waals surface area contributed by atoms with E-state index in [1.165, 1.54) is 6.07 Å². The predicted molar refractivity (Wildman–Crippen MR) is 73.8 cm³/mol. The van der Waals surface area contributed by atoms with E-state index in [1.54, 1.807) is 12.1 Å². The molecule has 0 amide bonds. The number of nitriles is 1. The Morgan fingerprint density at radius 2 is 2.11 bits per heavy atom. The maximum Gasteiger partial charge on any atom is 0.293 e. The Kier molecular flexibility index (Phi) is 4.84. The Balaban J connectivity index is 3.20. The average Bonchev–Trinajstić information content (AvgIpc) is 2.45. The van der Waals surface area contributed by atoms with E-state index in [2.05, 4.69) is 5.32 Å². The fourth-order valence-corrected chi connectivity index (χ4v) is 1.91. The van der Waals surface area contributed by atoms with E-state index in [9.17, 15) is 10.1 Å². The summed E-state index contributed by atoms with van der Waals surface area (Å²) in [5.74, 6) is 0. The van der Waals surface area contributed by atoms with Crippen molar-refractivity contribution in [2.45, 2.75) is 32.2 Å². The summed E-state index contributed by atoms with van der Waals surface area (Å²) in [5, 5.41) is 23.0. The molecule has 102 valence electrons. The molecule has 1 rings (SSSR count). The van der Waals surface area contributed by atoms with Crippen LogP contribution in [0.25, 0.3) is 0 Å². The zero-order valence-electron chi connectivity index (χ0n) is 11.1. The second kappa shape index (κ2) is 6.16. The van der Waals surface area contributed by atoms with E-state index in [-0.39, 0.29) is 16.8 Å². The minimum absolute atomic E-state index is 0.0984. The van der Waals surface area contributed by atoms with Crippen LogP contribution in [-0.4, -0.2) is 17.0 Å². The molecule has 0 bridgehead atoms. The molecule has 0 aromatic heterocycles. The van der Waals surface area contributed by atoms with E-state index >= 15 is 0 Å². The molecule has 0 aliphatic carbocycles.